The van der Waals surface area contributed by atoms with Gasteiger partial charge in [0.05, 0.1) is 0 Å². The van der Waals surface area contributed by atoms with Crippen molar-refractivity contribution in [2.45, 2.75) is 12.6 Å². The molecule has 1 unspecified atom stereocenters. The van der Waals surface area contributed by atoms with E-state index in [0.29, 0.717) is 5.56 Å². The fraction of sp³-hybridized carbons (Fsp3) is 0.217. The lowest BCUT2D eigenvalue weighted by molar-refractivity contribution is 0.0950. The van der Waals surface area contributed by atoms with Crippen molar-refractivity contribution in [1.29, 1.82) is 0 Å². The Morgan fingerprint density at radius 1 is 1.14 bits per heavy atom. The van der Waals surface area contributed by atoms with Gasteiger partial charge >= 0.3 is 0 Å². The van der Waals surface area contributed by atoms with E-state index in [-0.39, 0.29) is 24.3 Å². The van der Waals surface area contributed by atoms with Crippen LogP contribution in [0, 0.1) is 5.82 Å². The van der Waals surface area contributed by atoms with Gasteiger partial charge in [-0.2, -0.15) is 0 Å². The molecule has 1 aromatic heterocycles. The number of halogens is 1. The zero-order valence-electron chi connectivity index (χ0n) is 16.0. The summed E-state index contributed by atoms with van der Waals surface area (Å²) in [5.41, 5.74) is 2.50. The van der Waals surface area contributed by atoms with Gasteiger partial charge in [-0.3, -0.25) is 4.79 Å². The van der Waals surface area contributed by atoms with Crippen LogP contribution < -0.4 is 15.5 Å². The Kier molecular flexibility index (Phi) is 5.81. The first-order valence-corrected chi connectivity index (χ1v) is 9.71. The summed E-state index contributed by atoms with van der Waals surface area (Å²) in [5.74, 6) is 0.271. The lowest BCUT2D eigenvalue weighted by Crippen LogP contribution is -2.46. The molecule has 0 radical (unpaired) electrons. The maximum Gasteiger partial charge on any atom is 0.251 e. The molecule has 2 N–H and O–H groups in total. The van der Waals surface area contributed by atoms with E-state index in [1.807, 2.05) is 24.3 Å². The summed E-state index contributed by atoms with van der Waals surface area (Å²) >= 11 is 0. The molecule has 1 aliphatic rings. The second-order valence-corrected chi connectivity index (χ2v) is 7.08. The largest absolute Gasteiger partial charge is 0.353 e. The molecule has 1 atom stereocenters. The summed E-state index contributed by atoms with van der Waals surface area (Å²) in [7, 11) is 0. The zero-order valence-corrected chi connectivity index (χ0v) is 16.0. The molecule has 0 aliphatic carbocycles. The monoisotopic (exact) mass is 390 g/mol. The normalized spacial score (nSPS) is 16.4. The number of anilines is 1. The van der Waals surface area contributed by atoms with E-state index >= 15 is 0 Å². The molecular formula is C23H23FN4O. The van der Waals surface area contributed by atoms with E-state index in [1.165, 1.54) is 17.7 Å². The van der Waals surface area contributed by atoms with Crippen LogP contribution in [0.1, 0.15) is 27.5 Å². The van der Waals surface area contributed by atoms with Gasteiger partial charge in [-0.05, 0) is 35.4 Å². The summed E-state index contributed by atoms with van der Waals surface area (Å²) < 4.78 is 13.3. The molecule has 0 saturated carbocycles. The third kappa shape index (κ3) is 4.78. The third-order valence-corrected chi connectivity index (χ3v) is 5.05. The number of amides is 1. The molecule has 29 heavy (non-hydrogen) atoms. The van der Waals surface area contributed by atoms with Gasteiger partial charge in [0.15, 0.2) is 0 Å². The minimum atomic E-state index is -0.311. The van der Waals surface area contributed by atoms with Crippen molar-refractivity contribution in [2.24, 2.45) is 0 Å². The first-order chi connectivity index (χ1) is 14.2. The van der Waals surface area contributed by atoms with Crippen molar-refractivity contribution >= 4 is 11.7 Å². The van der Waals surface area contributed by atoms with Gasteiger partial charge in [-0.15, -0.1) is 0 Å². The smallest absolute Gasteiger partial charge is 0.251 e. The van der Waals surface area contributed by atoms with Crippen LogP contribution in [0.3, 0.4) is 0 Å². The van der Waals surface area contributed by atoms with Crippen LogP contribution in [0.25, 0.3) is 0 Å². The topological polar surface area (TPSA) is 57.3 Å². The molecule has 1 amide bonds. The van der Waals surface area contributed by atoms with Crippen LogP contribution in [0.2, 0.25) is 0 Å². The Hall–Kier alpha value is -3.25. The van der Waals surface area contributed by atoms with E-state index < -0.39 is 0 Å². The van der Waals surface area contributed by atoms with Gasteiger partial charge in [-0.25, -0.2) is 9.37 Å². The van der Waals surface area contributed by atoms with Crippen LogP contribution >= 0.6 is 0 Å². The number of pyridine rings is 1. The van der Waals surface area contributed by atoms with E-state index in [2.05, 4.69) is 32.7 Å². The van der Waals surface area contributed by atoms with Crippen molar-refractivity contribution in [3.05, 3.63) is 95.4 Å². The van der Waals surface area contributed by atoms with E-state index in [4.69, 9.17) is 0 Å². The van der Waals surface area contributed by atoms with E-state index in [9.17, 15) is 9.18 Å². The van der Waals surface area contributed by atoms with Crippen LogP contribution in [0.5, 0.6) is 0 Å². The highest BCUT2D eigenvalue weighted by Gasteiger charge is 2.22. The second kappa shape index (κ2) is 8.84. The van der Waals surface area contributed by atoms with Crippen molar-refractivity contribution < 1.29 is 9.18 Å². The number of carbonyl (C=O) groups excluding carboxylic acids is 1. The summed E-state index contributed by atoms with van der Waals surface area (Å²) in [6, 6.07) is 20.3. The van der Waals surface area contributed by atoms with E-state index in [1.54, 1.807) is 24.4 Å². The summed E-state index contributed by atoms with van der Waals surface area (Å²) in [4.78, 5) is 19.2. The quantitative estimate of drug-likeness (QED) is 0.702. The Morgan fingerprint density at radius 2 is 2.00 bits per heavy atom. The Bertz CT molecular complexity index is 979. The van der Waals surface area contributed by atoms with Gasteiger partial charge in [0.1, 0.15) is 11.6 Å². The number of nitrogens with one attached hydrogen (secondary N) is 2. The molecule has 1 aliphatic heterocycles. The molecule has 4 rings (SSSR count). The molecule has 0 spiro atoms. The van der Waals surface area contributed by atoms with Gasteiger partial charge in [-0.1, -0.05) is 42.5 Å². The lowest BCUT2D eigenvalue weighted by Gasteiger charge is -2.34. The Balaban J connectivity index is 1.43. The number of aromatic nitrogens is 1. The maximum atomic E-state index is 13.3. The first-order valence-electron chi connectivity index (χ1n) is 9.71. The predicted molar refractivity (Wildman–Crippen MR) is 111 cm³/mol. The standard InChI is InChI=1S/C23H23FN4O/c24-20-8-4-5-17(13-20)15-27-23(29)19-9-10-26-22(14-19)28-12-11-25-21(16-28)18-6-2-1-3-7-18/h1-10,13-14,21,25H,11-12,15-16H2,(H,27,29). The number of piperazine rings is 1. The van der Waals surface area contributed by atoms with Gasteiger partial charge in [0.2, 0.25) is 0 Å². The highest BCUT2D eigenvalue weighted by molar-refractivity contribution is 5.94. The van der Waals surface area contributed by atoms with Gasteiger partial charge in [0, 0.05) is 44.0 Å². The fourth-order valence-electron chi connectivity index (χ4n) is 3.53. The van der Waals surface area contributed by atoms with Crippen molar-refractivity contribution in [3.63, 3.8) is 0 Å². The number of hydrogen-bond acceptors (Lipinski definition) is 4. The molecular weight excluding hydrogens is 367 g/mol. The number of benzene rings is 2. The first kappa shape index (κ1) is 19.1. The molecule has 2 aromatic carbocycles. The minimum absolute atomic E-state index is 0.201. The lowest BCUT2D eigenvalue weighted by atomic mass is 10.0. The average Bonchev–Trinajstić information content (AvgIpc) is 2.78. The number of carbonyl (C=O) groups is 1. The molecule has 2 heterocycles. The molecule has 148 valence electrons. The number of hydrogen-bond donors (Lipinski definition) is 2. The van der Waals surface area contributed by atoms with E-state index in [0.717, 1.165) is 31.0 Å². The Morgan fingerprint density at radius 3 is 2.83 bits per heavy atom. The number of nitrogens with zero attached hydrogens (tertiary/aromatic N) is 2. The fourth-order valence-corrected chi connectivity index (χ4v) is 3.53. The van der Waals surface area contributed by atoms with Gasteiger partial charge < -0.3 is 15.5 Å². The zero-order chi connectivity index (χ0) is 20.1. The summed E-state index contributed by atoms with van der Waals surface area (Å²) in [6.45, 7) is 2.73. The average molecular weight is 390 g/mol. The second-order valence-electron chi connectivity index (χ2n) is 7.08. The highest BCUT2D eigenvalue weighted by atomic mass is 19.1. The highest BCUT2D eigenvalue weighted by Crippen LogP contribution is 2.21. The predicted octanol–water partition coefficient (Wildman–Crippen LogP) is 3.30. The third-order valence-electron chi connectivity index (χ3n) is 5.05. The van der Waals surface area contributed by atoms with Crippen molar-refractivity contribution in [3.8, 4) is 0 Å². The van der Waals surface area contributed by atoms with Crippen LogP contribution in [0.4, 0.5) is 10.2 Å². The molecule has 1 saturated heterocycles. The summed E-state index contributed by atoms with van der Waals surface area (Å²) in [6.07, 6.45) is 1.66. The SMILES string of the molecule is O=C(NCc1cccc(F)c1)c1ccnc(N2CCNC(c3ccccc3)C2)c1. The molecule has 5 nitrogen and oxygen atoms in total. The van der Waals surface area contributed by atoms with Crippen molar-refractivity contribution in [2.75, 3.05) is 24.5 Å². The Labute approximate surface area is 169 Å². The van der Waals surface area contributed by atoms with Crippen molar-refractivity contribution in [1.82, 2.24) is 15.6 Å². The molecule has 3 aromatic rings. The van der Waals surface area contributed by atoms with Crippen LogP contribution in [0.15, 0.2) is 72.9 Å². The number of rotatable bonds is 5. The minimum Gasteiger partial charge on any atom is -0.353 e. The van der Waals surface area contributed by atoms with Crippen LogP contribution in [-0.2, 0) is 6.54 Å². The molecule has 6 heteroatoms. The van der Waals surface area contributed by atoms with Gasteiger partial charge in [0.25, 0.3) is 5.91 Å². The maximum absolute atomic E-state index is 13.3. The molecule has 1 fully saturated rings. The summed E-state index contributed by atoms with van der Waals surface area (Å²) in [5, 5.41) is 6.38. The molecule has 0 bridgehead atoms. The van der Waals surface area contributed by atoms with Crippen LogP contribution in [-0.4, -0.2) is 30.5 Å².